The van der Waals surface area contributed by atoms with E-state index < -0.39 is 8.80 Å². The van der Waals surface area contributed by atoms with Crippen molar-refractivity contribution in [2.75, 3.05) is 13.7 Å². The summed E-state index contributed by atoms with van der Waals surface area (Å²) in [6.07, 6.45) is 0. The molecule has 20 heavy (non-hydrogen) atoms. The minimum Gasteiger partial charge on any atom is -0.482 e. The van der Waals surface area contributed by atoms with Crippen LogP contribution in [0.15, 0.2) is 18.2 Å². The second-order valence-electron chi connectivity index (χ2n) is 6.54. The number of rotatable bonds is 5. The first-order valence-electron chi connectivity index (χ1n) is 7.07. The SMILES string of the molecule is COC(=O)COc1ccc(C(C)(C)C)cc1C[SiH](C)C. The molecule has 0 aliphatic carbocycles. The molecule has 0 fully saturated rings. The molecule has 0 bridgehead atoms. The fourth-order valence-corrected chi connectivity index (χ4v) is 3.18. The van der Waals surface area contributed by atoms with Gasteiger partial charge in [-0.1, -0.05) is 46.0 Å². The van der Waals surface area contributed by atoms with Gasteiger partial charge >= 0.3 is 5.97 Å². The molecular formula is C16H26O3Si. The summed E-state index contributed by atoms with van der Waals surface area (Å²) in [5.41, 5.74) is 2.63. The van der Waals surface area contributed by atoms with E-state index >= 15 is 0 Å². The highest BCUT2D eigenvalue weighted by Gasteiger charge is 2.17. The van der Waals surface area contributed by atoms with E-state index in [-0.39, 0.29) is 18.0 Å². The lowest BCUT2D eigenvalue weighted by molar-refractivity contribution is -0.142. The molecule has 4 heteroatoms. The number of methoxy groups -OCH3 is 1. The highest BCUT2D eigenvalue weighted by atomic mass is 28.3. The van der Waals surface area contributed by atoms with Gasteiger partial charge in [-0.15, -0.1) is 0 Å². The summed E-state index contributed by atoms with van der Waals surface area (Å²) in [5.74, 6) is 0.460. The van der Waals surface area contributed by atoms with Gasteiger partial charge in [-0.2, -0.15) is 0 Å². The van der Waals surface area contributed by atoms with Crippen molar-refractivity contribution < 1.29 is 14.3 Å². The fraction of sp³-hybridized carbons (Fsp3) is 0.562. The molecule has 3 nitrogen and oxygen atoms in total. The third-order valence-electron chi connectivity index (χ3n) is 3.13. The van der Waals surface area contributed by atoms with Crippen LogP contribution in [0.2, 0.25) is 13.1 Å². The first-order valence-corrected chi connectivity index (χ1v) is 10.2. The lowest BCUT2D eigenvalue weighted by atomic mass is 9.86. The quantitative estimate of drug-likeness (QED) is 0.618. The average Bonchev–Trinajstić information content (AvgIpc) is 2.34. The van der Waals surface area contributed by atoms with Crippen LogP contribution in [-0.2, 0) is 21.0 Å². The van der Waals surface area contributed by atoms with Crippen molar-refractivity contribution in [3.05, 3.63) is 29.3 Å². The Kier molecular flexibility index (Phi) is 5.81. The first kappa shape index (κ1) is 16.8. The van der Waals surface area contributed by atoms with Crippen molar-refractivity contribution in [3.63, 3.8) is 0 Å². The van der Waals surface area contributed by atoms with Gasteiger partial charge in [0, 0.05) is 8.80 Å². The number of hydrogen-bond donors (Lipinski definition) is 0. The smallest absolute Gasteiger partial charge is 0.343 e. The Morgan fingerprint density at radius 1 is 1.25 bits per heavy atom. The molecule has 1 rings (SSSR count). The molecule has 0 unspecified atom stereocenters. The molecule has 0 N–H and O–H groups in total. The van der Waals surface area contributed by atoms with Crippen LogP contribution in [-0.4, -0.2) is 28.5 Å². The van der Waals surface area contributed by atoms with Gasteiger partial charge in [0.05, 0.1) is 7.11 Å². The maximum Gasteiger partial charge on any atom is 0.343 e. The maximum atomic E-state index is 11.2. The minimum absolute atomic E-state index is 0.0297. The van der Waals surface area contributed by atoms with Crippen LogP contribution in [0.3, 0.4) is 0 Å². The Bertz CT molecular complexity index is 461. The molecule has 1 aromatic rings. The Balaban J connectivity index is 3.00. The number of carbonyl (C=O) groups is 1. The summed E-state index contributed by atoms with van der Waals surface area (Å²) < 4.78 is 10.2. The number of ether oxygens (including phenoxy) is 2. The molecule has 0 spiro atoms. The molecule has 0 saturated heterocycles. The van der Waals surface area contributed by atoms with E-state index in [0.29, 0.717) is 0 Å². The first-order chi connectivity index (χ1) is 9.24. The number of esters is 1. The second-order valence-corrected chi connectivity index (χ2v) is 9.73. The van der Waals surface area contributed by atoms with Crippen LogP contribution in [0.1, 0.15) is 31.9 Å². The fourth-order valence-electron chi connectivity index (χ4n) is 1.98. The zero-order valence-corrected chi connectivity index (χ0v) is 14.6. The van der Waals surface area contributed by atoms with Gasteiger partial charge in [-0.3, -0.25) is 0 Å². The van der Waals surface area contributed by atoms with E-state index in [4.69, 9.17) is 4.74 Å². The normalized spacial score (nSPS) is 11.6. The highest BCUT2D eigenvalue weighted by molar-refractivity contribution is 6.55. The second kappa shape index (κ2) is 6.93. The minimum atomic E-state index is -0.753. The van der Waals surface area contributed by atoms with Crippen LogP contribution in [0.4, 0.5) is 0 Å². The van der Waals surface area contributed by atoms with Gasteiger partial charge in [0.15, 0.2) is 6.61 Å². The Hall–Kier alpha value is -1.29. The predicted octanol–water partition coefficient (Wildman–Crippen LogP) is 3.10. The van der Waals surface area contributed by atoms with Crippen LogP contribution in [0.25, 0.3) is 0 Å². The van der Waals surface area contributed by atoms with E-state index in [1.165, 1.54) is 18.2 Å². The van der Waals surface area contributed by atoms with Crippen LogP contribution < -0.4 is 4.74 Å². The number of benzene rings is 1. The summed E-state index contributed by atoms with van der Waals surface area (Å²) in [6, 6.07) is 7.35. The Morgan fingerprint density at radius 2 is 1.90 bits per heavy atom. The molecule has 0 aliphatic heterocycles. The molecule has 1 aromatic carbocycles. The summed E-state index contributed by atoms with van der Waals surface area (Å²) >= 11 is 0. The predicted molar refractivity (Wildman–Crippen MR) is 85.2 cm³/mol. The van der Waals surface area contributed by atoms with Crippen molar-refractivity contribution >= 4 is 14.8 Å². The molecule has 0 radical (unpaired) electrons. The van der Waals surface area contributed by atoms with Gasteiger partial charge in [0.1, 0.15) is 5.75 Å². The van der Waals surface area contributed by atoms with Gasteiger partial charge < -0.3 is 9.47 Å². The molecule has 0 amide bonds. The molecule has 0 heterocycles. The zero-order valence-electron chi connectivity index (χ0n) is 13.4. The van der Waals surface area contributed by atoms with Gasteiger partial charge in [-0.05, 0) is 28.7 Å². The van der Waals surface area contributed by atoms with Crippen molar-refractivity contribution in [1.29, 1.82) is 0 Å². The third-order valence-corrected chi connectivity index (χ3v) is 4.38. The molecule has 0 aliphatic rings. The summed E-state index contributed by atoms with van der Waals surface area (Å²) in [5, 5.41) is 0. The van der Waals surface area contributed by atoms with Crippen LogP contribution in [0.5, 0.6) is 5.75 Å². The van der Waals surface area contributed by atoms with Crippen molar-refractivity contribution in [3.8, 4) is 5.75 Å². The lowest BCUT2D eigenvalue weighted by Crippen LogP contribution is -2.16. The van der Waals surface area contributed by atoms with Gasteiger partial charge in [-0.25, -0.2) is 4.79 Å². The zero-order chi connectivity index (χ0) is 15.3. The summed E-state index contributed by atoms with van der Waals surface area (Å²) in [4.78, 5) is 11.2. The standard InChI is InChI=1S/C16H26O3Si/c1-16(2,3)13-7-8-14(19-10-15(17)18-4)12(9-13)11-20(5)6/h7-9,20H,10-11H2,1-6H3. The number of carbonyl (C=O) groups excluding carboxylic acids is 1. The van der Waals surface area contributed by atoms with E-state index in [1.807, 2.05) is 6.07 Å². The van der Waals surface area contributed by atoms with Crippen molar-refractivity contribution in [2.45, 2.75) is 45.3 Å². The molecule has 0 saturated carbocycles. The molecule has 112 valence electrons. The monoisotopic (exact) mass is 294 g/mol. The maximum absolute atomic E-state index is 11.2. The summed E-state index contributed by atoms with van der Waals surface area (Å²) in [6.45, 7) is 11.2. The third kappa shape index (κ3) is 5.00. The van der Waals surface area contributed by atoms with E-state index in [1.54, 1.807) is 0 Å². The molecular weight excluding hydrogens is 268 g/mol. The molecule has 0 aromatic heterocycles. The highest BCUT2D eigenvalue weighted by Crippen LogP contribution is 2.28. The van der Waals surface area contributed by atoms with Crippen molar-refractivity contribution in [2.24, 2.45) is 0 Å². The topological polar surface area (TPSA) is 35.5 Å². The van der Waals surface area contributed by atoms with E-state index in [2.05, 4.69) is 50.7 Å². The Labute approximate surface area is 123 Å². The Morgan fingerprint density at radius 3 is 2.40 bits per heavy atom. The van der Waals surface area contributed by atoms with E-state index in [0.717, 1.165) is 11.8 Å². The number of hydrogen-bond acceptors (Lipinski definition) is 3. The lowest BCUT2D eigenvalue weighted by Gasteiger charge is -2.22. The van der Waals surface area contributed by atoms with E-state index in [9.17, 15) is 4.79 Å². The average molecular weight is 294 g/mol. The molecule has 0 atom stereocenters. The van der Waals surface area contributed by atoms with Crippen LogP contribution in [0, 0.1) is 0 Å². The van der Waals surface area contributed by atoms with Crippen LogP contribution >= 0.6 is 0 Å². The van der Waals surface area contributed by atoms with Crippen molar-refractivity contribution in [1.82, 2.24) is 0 Å². The van der Waals surface area contributed by atoms with Gasteiger partial charge in [0.25, 0.3) is 0 Å². The van der Waals surface area contributed by atoms with Gasteiger partial charge in [0.2, 0.25) is 0 Å². The largest absolute Gasteiger partial charge is 0.482 e. The summed E-state index contributed by atoms with van der Waals surface area (Å²) in [7, 11) is 0.618.